The van der Waals surface area contributed by atoms with Gasteiger partial charge in [-0.3, -0.25) is 15.6 Å². The van der Waals surface area contributed by atoms with E-state index in [0.717, 1.165) is 5.56 Å². The highest BCUT2D eigenvalue weighted by Gasteiger charge is 2.38. The number of allylic oxidation sites excluding steroid dienone is 1. The van der Waals surface area contributed by atoms with Crippen molar-refractivity contribution in [3.8, 4) is 11.4 Å². The molecule has 2 heterocycles. The Morgan fingerprint density at radius 2 is 1.65 bits per heavy atom. The zero-order valence-electron chi connectivity index (χ0n) is 24.8. The molecule has 1 aliphatic heterocycles. The highest BCUT2D eigenvalue weighted by Crippen LogP contribution is 2.45. The zero-order chi connectivity index (χ0) is 30.9. The van der Waals surface area contributed by atoms with Crippen LogP contribution in [0.25, 0.3) is 5.69 Å². The summed E-state index contributed by atoms with van der Waals surface area (Å²) in [6.07, 6.45) is 0. The number of hydrazine groups is 1. The molecule has 10 nitrogen and oxygen atoms in total. The Kier molecular flexibility index (Phi) is 9.95. The number of amides is 1. The SMILES string of the molecule is CC.CCOC(=O)C1=C(C)Nc2c(c(NNC(=O)c3cccc(OC)c3)nc(=O)n2-c2ccccc2)C1c1ccccc1. The molecular formula is C33H35N5O5. The molecule has 5 rings (SSSR count). The van der Waals surface area contributed by atoms with Crippen molar-refractivity contribution in [1.82, 2.24) is 15.0 Å². The summed E-state index contributed by atoms with van der Waals surface area (Å²) in [6.45, 7) is 7.70. The van der Waals surface area contributed by atoms with Gasteiger partial charge in [-0.2, -0.15) is 4.98 Å². The van der Waals surface area contributed by atoms with Gasteiger partial charge in [0, 0.05) is 16.8 Å². The highest BCUT2D eigenvalue weighted by molar-refractivity contribution is 5.97. The van der Waals surface area contributed by atoms with E-state index in [1.54, 1.807) is 50.2 Å². The summed E-state index contributed by atoms with van der Waals surface area (Å²) in [5.74, 6) is -0.625. The summed E-state index contributed by atoms with van der Waals surface area (Å²) in [5.41, 5.74) is 8.00. The third kappa shape index (κ3) is 6.43. The predicted molar refractivity (Wildman–Crippen MR) is 167 cm³/mol. The molecular weight excluding hydrogens is 546 g/mol. The van der Waals surface area contributed by atoms with Crippen molar-refractivity contribution in [2.45, 2.75) is 33.6 Å². The minimum Gasteiger partial charge on any atom is -0.497 e. The number of fused-ring (bicyclic) bond motifs is 1. The number of ether oxygens (including phenoxy) is 2. The Morgan fingerprint density at radius 3 is 2.30 bits per heavy atom. The summed E-state index contributed by atoms with van der Waals surface area (Å²) in [4.78, 5) is 44.2. The minimum absolute atomic E-state index is 0.0871. The van der Waals surface area contributed by atoms with Gasteiger partial charge < -0.3 is 14.8 Å². The lowest BCUT2D eigenvalue weighted by molar-refractivity contribution is -0.138. The van der Waals surface area contributed by atoms with Crippen LogP contribution in [0.2, 0.25) is 0 Å². The Balaban J connectivity index is 0.00000207. The van der Waals surface area contributed by atoms with Gasteiger partial charge in [0.05, 0.1) is 30.9 Å². The summed E-state index contributed by atoms with van der Waals surface area (Å²) < 4.78 is 12.1. The molecule has 1 atom stereocenters. The Morgan fingerprint density at radius 1 is 0.977 bits per heavy atom. The molecule has 0 saturated heterocycles. The largest absolute Gasteiger partial charge is 0.497 e. The summed E-state index contributed by atoms with van der Waals surface area (Å²) >= 11 is 0. The molecule has 0 radical (unpaired) electrons. The number of hydrogen-bond donors (Lipinski definition) is 3. The van der Waals surface area contributed by atoms with E-state index in [1.807, 2.05) is 62.4 Å². The molecule has 0 saturated carbocycles. The summed E-state index contributed by atoms with van der Waals surface area (Å²) in [7, 11) is 1.51. The molecule has 3 aromatic carbocycles. The number of rotatable bonds is 8. The number of carbonyl (C=O) groups is 2. The van der Waals surface area contributed by atoms with E-state index in [-0.39, 0.29) is 12.4 Å². The second-order valence-corrected chi connectivity index (χ2v) is 9.22. The number of methoxy groups -OCH3 is 1. The van der Waals surface area contributed by atoms with Crippen LogP contribution in [0, 0.1) is 0 Å². The molecule has 222 valence electrons. The van der Waals surface area contributed by atoms with Crippen LogP contribution in [0.3, 0.4) is 0 Å². The number of nitrogens with one attached hydrogen (secondary N) is 3. The molecule has 10 heteroatoms. The third-order valence-corrected chi connectivity index (χ3v) is 6.69. The van der Waals surface area contributed by atoms with E-state index < -0.39 is 23.5 Å². The fourth-order valence-electron chi connectivity index (χ4n) is 4.86. The average Bonchev–Trinajstić information content (AvgIpc) is 3.04. The van der Waals surface area contributed by atoms with Crippen LogP contribution >= 0.6 is 0 Å². The van der Waals surface area contributed by atoms with Crippen molar-refractivity contribution in [2.75, 3.05) is 24.5 Å². The first-order valence-electron chi connectivity index (χ1n) is 14.1. The normalized spacial score (nSPS) is 13.5. The lowest BCUT2D eigenvalue weighted by atomic mass is 9.81. The van der Waals surface area contributed by atoms with E-state index in [4.69, 9.17) is 9.47 Å². The van der Waals surface area contributed by atoms with Crippen LogP contribution in [0.1, 0.15) is 55.1 Å². The molecule has 3 N–H and O–H groups in total. The van der Waals surface area contributed by atoms with Gasteiger partial charge in [0.1, 0.15) is 11.6 Å². The summed E-state index contributed by atoms with van der Waals surface area (Å²) in [6, 6.07) is 25.1. The highest BCUT2D eigenvalue weighted by atomic mass is 16.5. The number of esters is 1. The number of benzene rings is 3. The second kappa shape index (κ2) is 14.0. The van der Waals surface area contributed by atoms with Crippen molar-refractivity contribution in [2.24, 2.45) is 0 Å². The van der Waals surface area contributed by atoms with Gasteiger partial charge in [-0.1, -0.05) is 68.4 Å². The average molecular weight is 582 g/mol. The first kappa shape index (κ1) is 30.6. The maximum Gasteiger partial charge on any atom is 0.355 e. The molecule has 4 aromatic rings. The molecule has 0 fully saturated rings. The molecule has 0 aliphatic carbocycles. The van der Waals surface area contributed by atoms with Gasteiger partial charge in [-0.05, 0) is 49.7 Å². The topological polar surface area (TPSA) is 124 Å². The van der Waals surface area contributed by atoms with Crippen molar-refractivity contribution in [3.05, 3.63) is 123 Å². The van der Waals surface area contributed by atoms with Crippen LogP contribution in [0.15, 0.2) is 101 Å². The number of anilines is 2. The van der Waals surface area contributed by atoms with E-state index in [1.165, 1.54) is 11.7 Å². The lowest BCUT2D eigenvalue weighted by Crippen LogP contribution is -2.37. The van der Waals surface area contributed by atoms with E-state index >= 15 is 0 Å². The van der Waals surface area contributed by atoms with E-state index in [0.29, 0.717) is 39.7 Å². The van der Waals surface area contributed by atoms with Gasteiger partial charge >= 0.3 is 11.7 Å². The van der Waals surface area contributed by atoms with E-state index in [2.05, 4.69) is 21.2 Å². The molecule has 0 spiro atoms. The number of nitrogens with zero attached hydrogens (tertiary/aromatic N) is 2. The Labute approximate surface area is 250 Å². The van der Waals surface area contributed by atoms with Gasteiger partial charge in [0.25, 0.3) is 5.91 Å². The first-order chi connectivity index (χ1) is 20.9. The molecule has 43 heavy (non-hydrogen) atoms. The number of para-hydroxylation sites is 1. The number of aromatic nitrogens is 2. The van der Waals surface area contributed by atoms with Gasteiger partial charge in [-0.15, -0.1) is 0 Å². The monoisotopic (exact) mass is 581 g/mol. The fraction of sp³-hybridized carbons (Fsp3) is 0.212. The lowest BCUT2D eigenvalue weighted by Gasteiger charge is -2.33. The Bertz CT molecular complexity index is 1680. The first-order valence-corrected chi connectivity index (χ1v) is 14.1. The van der Waals surface area contributed by atoms with Crippen LogP contribution < -0.4 is 26.6 Å². The maximum atomic E-state index is 13.5. The van der Waals surface area contributed by atoms with Gasteiger partial charge in [0.2, 0.25) is 0 Å². The van der Waals surface area contributed by atoms with Gasteiger partial charge in [-0.25, -0.2) is 14.2 Å². The standard InChI is InChI=1S/C31H29N5O5.C2H6/c1-4-41-30(38)24-19(2)32-28-26(25(24)20-12-7-5-8-13-20)27(33-31(39)36(28)22-15-9-6-10-16-22)34-35-29(37)21-14-11-17-23(18-21)40-3;1-2/h5-18,25,32H,4H2,1-3H3,(H,35,37)(H,33,34,39);1-2H3. The number of carbonyl (C=O) groups excluding carboxylic acids is 2. The predicted octanol–water partition coefficient (Wildman–Crippen LogP) is 5.42. The van der Waals surface area contributed by atoms with Crippen LogP contribution in [0.5, 0.6) is 5.75 Å². The molecule has 1 aliphatic rings. The smallest absolute Gasteiger partial charge is 0.355 e. The van der Waals surface area contributed by atoms with E-state index in [9.17, 15) is 14.4 Å². The maximum absolute atomic E-state index is 13.5. The molecule has 1 aromatic heterocycles. The van der Waals surface area contributed by atoms with Crippen LogP contribution in [0.4, 0.5) is 11.6 Å². The second-order valence-electron chi connectivity index (χ2n) is 9.22. The van der Waals surface area contributed by atoms with Gasteiger partial charge in [0.15, 0.2) is 5.82 Å². The van der Waals surface area contributed by atoms with Crippen molar-refractivity contribution < 1.29 is 19.1 Å². The zero-order valence-corrected chi connectivity index (χ0v) is 24.8. The fourth-order valence-corrected chi connectivity index (χ4v) is 4.86. The van der Waals surface area contributed by atoms with Crippen molar-refractivity contribution in [3.63, 3.8) is 0 Å². The Hall–Kier alpha value is -5.38. The molecule has 1 unspecified atom stereocenters. The molecule has 1 amide bonds. The van der Waals surface area contributed by atoms with Crippen LogP contribution in [-0.2, 0) is 9.53 Å². The van der Waals surface area contributed by atoms with Crippen LogP contribution in [-0.4, -0.2) is 35.1 Å². The minimum atomic E-state index is -0.675. The number of hydrogen-bond acceptors (Lipinski definition) is 8. The molecule has 0 bridgehead atoms. The van der Waals surface area contributed by atoms with Crippen molar-refractivity contribution in [1.29, 1.82) is 0 Å². The quantitative estimate of drug-likeness (QED) is 0.186. The summed E-state index contributed by atoms with van der Waals surface area (Å²) in [5, 5.41) is 3.26. The third-order valence-electron chi connectivity index (χ3n) is 6.69. The van der Waals surface area contributed by atoms with Crippen molar-refractivity contribution >= 4 is 23.5 Å².